The highest BCUT2D eigenvalue weighted by Crippen LogP contribution is 2.41. The summed E-state index contributed by atoms with van der Waals surface area (Å²) < 4.78 is 0. The summed E-state index contributed by atoms with van der Waals surface area (Å²) in [6, 6.07) is 7.39. The van der Waals surface area contributed by atoms with Crippen LogP contribution in [0.3, 0.4) is 0 Å². The molecule has 182 valence electrons. The van der Waals surface area contributed by atoms with Crippen molar-refractivity contribution in [3.05, 3.63) is 81.5 Å². The van der Waals surface area contributed by atoms with E-state index in [4.69, 9.17) is 0 Å². The van der Waals surface area contributed by atoms with Crippen LogP contribution >= 0.6 is 0 Å². The van der Waals surface area contributed by atoms with Gasteiger partial charge in [0.2, 0.25) is 0 Å². The molecular formula is C33H50. The van der Waals surface area contributed by atoms with E-state index in [0.29, 0.717) is 11.8 Å². The van der Waals surface area contributed by atoms with E-state index in [-0.39, 0.29) is 5.41 Å². The molecule has 0 radical (unpaired) electrons. The first-order valence-electron chi connectivity index (χ1n) is 13.4. The number of hydrogen-bond donors (Lipinski definition) is 0. The molecule has 1 aromatic rings. The van der Waals surface area contributed by atoms with Crippen molar-refractivity contribution in [3.8, 4) is 0 Å². The van der Waals surface area contributed by atoms with Gasteiger partial charge in [-0.05, 0) is 82.4 Å². The number of hydrogen-bond acceptors (Lipinski definition) is 0. The minimum Gasteiger partial charge on any atom is -0.0850 e. The molecule has 0 N–H and O–H groups in total. The number of unbranched alkanes of at least 4 members (excludes halogenated alkanes) is 2. The van der Waals surface area contributed by atoms with Crippen molar-refractivity contribution >= 4 is 0 Å². The van der Waals surface area contributed by atoms with Gasteiger partial charge >= 0.3 is 0 Å². The summed E-state index contributed by atoms with van der Waals surface area (Å²) >= 11 is 0. The molecule has 1 aromatic carbocycles. The smallest absolute Gasteiger partial charge is 0.0108 e. The van der Waals surface area contributed by atoms with Crippen LogP contribution in [0.1, 0.15) is 136 Å². The van der Waals surface area contributed by atoms with Crippen molar-refractivity contribution in [3.63, 3.8) is 0 Å². The van der Waals surface area contributed by atoms with E-state index >= 15 is 0 Å². The lowest BCUT2D eigenvalue weighted by Crippen LogP contribution is -2.23. The summed E-state index contributed by atoms with van der Waals surface area (Å²) in [5.41, 5.74) is 10.5. The average Bonchev–Trinajstić information content (AvgIpc) is 2.81. The first-order chi connectivity index (χ1) is 15.6. The molecular weight excluding hydrogens is 396 g/mol. The zero-order chi connectivity index (χ0) is 24.6. The molecule has 0 heteroatoms. The summed E-state index contributed by atoms with van der Waals surface area (Å²) in [7, 11) is 0. The molecule has 0 spiro atoms. The Labute approximate surface area is 206 Å². The van der Waals surface area contributed by atoms with Crippen LogP contribution in [0.15, 0.2) is 64.8 Å². The Balaban J connectivity index is 2.43. The summed E-state index contributed by atoms with van der Waals surface area (Å²) in [5, 5.41) is 0. The first-order valence-corrected chi connectivity index (χ1v) is 13.4. The highest BCUT2D eigenvalue weighted by Gasteiger charge is 2.28. The van der Waals surface area contributed by atoms with E-state index in [1.807, 2.05) is 0 Å². The number of allylic oxidation sites excluding steroid dienone is 8. The lowest BCUT2D eigenvalue weighted by atomic mass is 9.71. The second-order valence-electron chi connectivity index (χ2n) is 11.0. The van der Waals surface area contributed by atoms with Crippen LogP contribution < -0.4 is 0 Å². The van der Waals surface area contributed by atoms with Gasteiger partial charge in [0.1, 0.15) is 0 Å². The zero-order valence-electron chi connectivity index (χ0n) is 23.1. The van der Waals surface area contributed by atoms with E-state index in [2.05, 4.69) is 105 Å². The molecule has 0 aromatic heterocycles. The van der Waals surface area contributed by atoms with E-state index in [1.54, 1.807) is 5.57 Å². The third kappa shape index (κ3) is 7.33. The molecule has 0 saturated carbocycles. The summed E-state index contributed by atoms with van der Waals surface area (Å²) in [5.74, 6) is 1.01. The van der Waals surface area contributed by atoms with Gasteiger partial charge in [0.25, 0.3) is 0 Å². The topological polar surface area (TPSA) is 0 Å². The fourth-order valence-electron chi connectivity index (χ4n) is 5.02. The van der Waals surface area contributed by atoms with Crippen LogP contribution in [0.25, 0.3) is 0 Å². The van der Waals surface area contributed by atoms with Gasteiger partial charge in [-0.25, -0.2) is 0 Å². The monoisotopic (exact) mass is 446 g/mol. The largest absolute Gasteiger partial charge is 0.0850 e. The van der Waals surface area contributed by atoms with Crippen molar-refractivity contribution < 1.29 is 0 Å². The van der Waals surface area contributed by atoms with Gasteiger partial charge in [0.05, 0.1) is 0 Å². The molecule has 1 aliphatic carbocycles. The molecule has 2 unspecified atom stereocenters. The van der Waals surface area contributed by atoms with Gasteiger partial charge < -0.3 is 0 Å². The second-order valence-corrected chi connectivity index (χ2v) is 11.0. The molecule has 0 heterocycles. The SMILES string of the molecule is CCCCC/C(C)=C/CC(C)c1cc(C2C=CC(C)=CC2)ccc1C(C)(C)C(C)=C(C)CC. The quantitative estimate of drug-likeness (QED) is 0.234. The van der Waals surface area contributed by atoms with Gasteiger partial charge in [0.15, 0.2) is 0 Å². The second kappa shape index (κ2) is 12.6. The number of benzene rings is 1. The fraction of sp³-hybridized carbons (Fsp3) is 0.576. The fourth-order valence-corrected chi connectivity index (χ4v) is 5.02. The Bertz CT molecular complexity index is 900. The molecule has 0 amide bonds. The third-order valence-electron chi connectivity index (χ3n) is 8.10. The maximum atomic E-state index is 2.54. The van der Waals surface area contributed by atoms with Gasteiger partial charge in [-0.2, -0.15) is 0 Å². The summed E-state index contributed by atoms with van der Waals surface area (Å²) in [6.07, 6.45) is 18.1. The number of rotatable bonds is 11. The zero-order valence-corrected chi connectivity index (χ0v) is 23.1. The Hall–Kier alpha value is -1.82. The predicted molar refractivity (Wildman–Crippen MR) is 149 cm³/mol. The summed E-state index contributed by atoms with van der Waals surface area (Å²) in [4.78, 5) is 0. The normalized spacial score (nSPS) is 18.8. The molecule has 0 saturated heterocycles. The molecule has 0 nitrogen and oxygen atoms in total. The molecule has 0 fully saturated rings. The lowest BCUT2D eigenvalue weighted by Gasteiger charge is -2.33. The van der Waals surface area contributed by atoms with Gasteiger partial charge in [-0.1, -0.05) is 112 Å². The van der Waals surface area contributed by atoms with Gasteiger partial charge in [-0.3, -0.25) is 0 Å². The molecule has 1 aliphatic rings. The minimum atomic E-state index is 0.0427. The third-order valence-corrected chi connectivity index (χ3v) is 8.10. The van der Waals surface area contributed by atoms with Crippen LogP contribution in [0.4, 0.5) is 0 Å². The molecule has 33 heavy (non-hydrogen) atoms. The van der Waals surface area contributed by atoms with E-state index in [1.165, 1.54) is 59.1 Å². The van der Waals surface area contributed by atoms with Crippen LogP contribution in [-0.4, -0.2) is 0 Å². The van der Waals surface area contributed by atoms with Crippen molar-refractivity contribution in [2.24, 2.45) is 0 Å². The van der Waals surface area contributed by atoms with Crippen LogP contribution in [-0.2, 0) is 5.41 Å². The van der Waals surface area contributed by atoms with Crippen molar-refractivity contribution in [1.29, 1.82) is 0 Å². The van der Waals surface area contributed by atoms with Crippen LogP contribution in [0.5, 0.6) is 0 Å². The first kappa shape index (κ1) is 27.4. The van der Waals surface area contributed by atoms with Crippen molar-refractivity contribution in [2.45, 2.75) is 125 Å². The van der Waals surface area contributed by atoms with Crippen LogP contribution in [0.2, 0.25) is 0 Å². The maximum Gasteiger partial charge on any atom is 0.0108 e. The Morgan fingerprint density at radius 1 is 1.12 bits per heavy atom. The molecule has 2 atom stereocenters. The summed E-state index contributed by atoms with van der Waals surface area (Å²) in [6.45, 7) is 21.0. The van der Waals surface area contributed by atoms with E-state index in [0.717, 1.165) is 19.3 Å². The average molecular weight is 447 g/mol. The predicted octanol–water partition coefficient (Wildman–Crippen LogP) is 10.7. The Kier molecular flexibility index (Phi) is 10.5. The van der Waals surface area contributed by atoms with E-state index in [9.17, 15) is 0 Å². The Morgan fingerprint density at radius 3 is 2.45 bits per heavy atom. The van der Waals surface area contributed by atoms with Crippen molar-refractivity contribution in [2.75, 3.05) is 0 Å². The van der Waals surface area contributed by atoms with Gasteiger partial charge in [-0.15, -0.1) is 0 Å². The molecule has 2 rings (SSSR count). The van der Waals surface area contributed by atoms with E-state index < -0.39 is 0 Å². The van der Waals surface area contributed by atoms with Crippen LogP contribution in [0, 0.1) is 0 Å². The molecule has 0 bridgehead atoms. The standard InChI is InChI=1S/C33H50/c1-10-12-13-14-24(3)15-18-27(6)31-23-30(29-19-16-25(4)17-20-29)21-22-32(31)33(8,9)28(7)26(5)11-2/h15-17,19,21-23,27,29H,10-14,18,20H2,1-9H3/b24-15+,28-26?. The highest BCUT2D eigenvalue weighted by atomic mass is 14.3. The Morgan fingerprint density at radius 2 is 1.85 bits per heavy atom. The lowest BCUT2D eigenvalue weighted by molar-refractivity contribution is 0.592. The van der Waals surface area contributed by atoms with Crippen molar-refractivity contribution in [1.82, 2.24) is 0 Å². The highest BCUT2D eigenvalue weighted by molar-refractivity contribution is 5.46. The maximum absolute atomic E-state index is 2.54. The minimum absolute atomic E-state index is 0.0427. The molecule has 0 aliphatic heterocycles. The van der Waals surface area contributed by atoms with Gasteiger partial charge in [0, 0.05) is 11.3 Å².